The molecule has 2 atom stereocenters. The molecule has 0 amide bonds. The van der Waals surface area contributed by atoms with Crippen molar-refractivity contribution in [1.29, 1.82) is 0 Å². The summed E-state index contributed by atoms with van der Waals surface area (Å²) in [7, 11) is -7.57. The summed E-state index contributed by atoms with van der Waals surface area (Å²) in [6.07, 6.45) is 0.503. The zero-order chi connectivity index (χ0) is 25.9. The van der Waals surface area contributed by atoms with E-state index in [1.807, 2.05) is 72.6 Å². The van der Waals surface area contributed by atoms with Crippen LogP contribution in [0.5, 0.6) is 0 Å². The normalized spacial score (nSPS) is 17.2. The SMILES string of the molecule is Cc1ccc(S(=O)(=O)N=S(=O)(CC2CC(c3ccccc3)=NN2c2ccccc2)c2ccccc2)cc1. The Morgan fingerprint density at radius 3 is 1.95 bits per heavy atom. The van der Waals surface area contributed by atoms with Gasteiger partial charge in [-0.3, -0.25) is 5.01 Å². The topological polar surface area (TPSA) is 79.2 Å². The van der Waals surface area contributed by atoms with Gasteiger partial charge >= 0.3 is 0 Å². The predicted molar refractivity (Wildman–Crippen MR) is 149 cm³/mol. The molecule has 0 N–H and O–H groups in total. The Kier molecular flexibility index (Phi) is 6.95. The lowest BCUT2D eigenvalue weighted by molar-refractivity contribution is 0.597. The first-order valence-corrected chi connectivity index (χ1v) is 15.1. The molecule has 0 aliphatic carbocycles. The number of benzene rings is 4. The van der Waals surface area contributed by atoms with Crippen LogP contribution in [0.25, 0.3) is 0 Å². The van der Waals surface area contributed by atoms with Gasteiger partial charge in [0, 0.05) is 11.3 Å². The molecule has 1 aliphatic heterocycles. The van der Waals surface area contributed by atoms with Crippen LogP contribution in [0.15, 0.2) is 134 Å². The lowest BCUT2D eigenvalue weighted by Gasteiger charge is -2.25. The maximum atomic E-state index is 14.6. The van der Waals surface area contributed by atoms with Crippen LogP contribution < -0.4 is 5.01 Å². The fraction of sp³-hybridized carbons (Fsp3) is 0.138. The molecule has 0 bridgehead atoms. The highest BCUT2D eigenvalue weighted by atomic mass is 32.3. The number of hydrogen-bond acceptors (Lipinski definition) is 5. The number of hydrazone groups is 1. The molecule has 1 aliphatic rings. The minimum absolute atomic E-state index is 0.00314. The fourth-order valence-electron chi connectivity index (χ4n) is 4.32. The first-order chi connectivity index (χ1) is 17.8. The van der Waals surface area contributed by atoms with Gasteiger partial charge < -0.3 is 0 Å². The molecule has 0 saturated carbocycles. The molecule has 37 heavy (non-hydrogen) atoms. The number of nitrogens with zero attached hydrogens (tertiary/aromatic N) is 3. The fourth-order valence-corrected chi connectivity index (χ4v) is 8.56. The molecule has 4 aromatic carbocycles. The van der Waals surface area contributed by atoms with E-state index in [0.717, 1.165) is 22.5 Å². The molecule has 188 valence electrons. The van der Waals surface area contributed by atoms with E-state index in [9.17, 15) is 12.6 Å². The molecule has 0 aromatic heterocycles. The van der Waals surface area contributed by atoms with E-state index in [4.69, 9.17) is 5.10 Å². The molecule has 0 saturated heterocycles. The Balaban J connectivity index is 1.60. The van der Waals surface area contributed by atoms with Crippen LogP contribution in [0, 0.1) is 6.92 Å². The highest BCUT2D eigenvalue weighted by Crippen LogP contribution is 2.30. The highest BCUT2D eigenvalue weighted by Gasteiger charge is 2.33. The summed E-state index contributed by atoms with van der Waals surface area (Å²) >= 11 is 0. The number of aryl methyl sites for hydroxylation is 1. The first-order valence-electron chi connectivity index (χ1n) is 11.9. The van der Waals surface area contributed by atoms with Crippen molar-refractivity contribution < 1.29 is 12.6 Å². The molecule has 1 heterocycles. The van der Waals surface area contributed by atoms with Crippen LogP contribution in [-0.2, 0) is 19.8 Å². The minimum Gasteiger partial charge on any atom is -0.261 e. The van der Waals surface area contributed by atoms with Crippen molar-refractivity contribution in [3.63, 3.8) is 0 Å². The van der Waals surface area contributed by atoms with Gasteiger partial charge in [0.2, 0.25) is 0 Å². The van der Waals surface area contributed by atoms with Gasteiger partial charge in [0.05, 0.1) is 37.8 Å². The van der Waals surface area contributed by atoms with E-state index in [0.29, 0.717) is 11.3 Å². The van der Waals surface area contributed by atoms with Crippen LogP contribution in [0.2, 0.25) is 0 Å². The second kappa shape index (κ2) is 10.3. The molecular formula is C29H27N3O3S2. The van der Waals surface area contributed by atoms with Gasteiger partial charge in [-0.15, -0.1) is 3.77 Å². The van der Waals surface area contributed by atoms with Gasteiger partial charge in [-0.25, -0.2) is 4.21 Å². The summed E-state index contributed by atoms with van der Waals surface area (Å²) in [4.78, 5) is 0.404. The monoisotopic (exact) mass is 529 g/mol. The van der Waals surface area contributed by atoms with Gasteiger partial charge in [0.25, 0.3) is 10.0 Å². The van der Waals surface area contributed by atoms with Crippen LogP contribution in [0.3, 0.4) is 0 Å². The molecule has 0 radical (unpaired) electrons. The van der Waals surface area contributed by atoms with Crippen molar-refractivity contribution in [1.82, 2.24) is 0 Å². The Morgan fingerprint density at radius 1 is 0.757 bits per heavy atom. The summed E-state index contributed by atoms with van der Waals surface area (Å²) in [6, 6.07) is 34.2. The van der Waals surface area contributed by atoms with E-state index < -0.39 is 19.8 Å². The van der Waals surface area contributed by atoms with Crippen molar-refractivity contribution in [3.05, 3.63) is 126 Å². The van der Waals surface area contributed by atoms with Gasteiger partial charge in [0.1, 0.15) is 0 Å². The molecular weight excluding hydrogens is 502 g/mol. The van der Waals surface area contributed by atoms with E-state index >= 15 is 0 Å². The molecule has 5 rings (SSSR count). The Bertz CT molecular complexity index is 1630. The molecule has 0 spiro atoms. The van der Waals surface area contributed by atoms with Crippen LogP contribution >= 0.6 is 0 Å². The maximum absolute atomic E-state index is 14.6. The predicted octanol–water partition coefficient (Wildman–Crippen LogP) is 5.89. The van der Waals surface area contributed by atoms with E-state index in [1.165, 1.54) is 12.1 Å². The van der Waals surface area contributed by atoms with Crippen molar-refractivity contribution in [3.8, 4) is 0 Å². The van der Waals surface area contributed by atoms with Crippen molar-refractivity contribution in [2.45, 2.75) is 29.2 Å². The van der Waals surface area contributed by atoms with Crippen molar-refractivity contribution >= 4 is 31.2 Å². The molecule has 0 fully saturated rings. The molecule has 4 aromatic rings. The van der Waals surface area contributed by atoms with Crippen molar-refractivity contribution in [2.24, 2.45) is 8.87 Å². The number of rotatable bonds is 7. The molecule has 6 nitrogen and oxygen atoms in total. The minimum atomic E-state index is -4.18. The molecule has 8 heteroatoms. The standard InChI is InChI=1S/C29H27N3O3S2/c1-23-17-19-28(20-18-23)37(34,35)31-36(33,27-15-9-4-10-16-27)22-26-21-29(24-11-5-2-6-12-24)30-32(26)25-13-7-3-8-14-25/h2-20,26H,21-22H2,1H3. The number of hydrogen-bond donors (Lipinski definition) is 0. The lowest BCUT2D eigenvalue weighted by Crippen LogP contribution is -2.34. The van der Waals surface area contributed by atoms with Gasteiger partial charge in [-0.2, -0.15) is 13.5 Å². The highest BCUT2D eigenvalue weighted by molar-refractivity contribution is 8.03. The summed E-state index contributed by atoms with van der Waals surface area (Å²) in [5, 5.41) is 6.73. The summed E-state index contributed by atoms with van der Waals surface area (Å²) < 4.78 is 45.4. The third-order valence-corrected chi connectivity index (χ3v) is 10.7. The largest absolute Gasteiger partial charge is 0.290 e. The quantitative estimate of drug-likeness (QED) is 0.299. The zero-order valence-electron chi connectivity index (χ0n) is 20.3. The first kappa shape index (κ1) is 24.9. The Morgan fingerprint density at radius 2 is 1.32 bits per heavy atom. The summed E-state index contributed by atoms with van der Waals surface area (Å²) in [6.45, 7) is 1.88. The molecule has 2 unspecified atom stereocenters. The average Bonchev–Trinajstić information content (AvgIpc) is 3.33. The van der Waals surface area contributed by atoms with E-state index in [1.54, 1.807) is 42.5 Å². The maximum Gasteiger partial charge on any atom is 0.290 e. The second-order valence-corrected chi connectivity index (χ2v) is 13.0. The number of anilines is 1. The Hall–Kier alpha value is -3.75. The van der Waals surface area contributed by atoms with Crippen LogP contribution in [0.4, 0.5) is 5.69 Å². The third kappa shape index (κ3) is 5.50. The van der Waals surface area contributed by atoms with Gasteiger partial charge in [0.15, 0.2) is 0 Å². The zero-order valence-corrected chi connectivity index (χ0v) is 22.0. The van der Waals surface area contributed by atoms with Crippen LogP contribution in [-0.4, -0.2) is 30.1 Å². The smallest absolute Gasteiger partial charge is 0.261 e. The second-order valence-electron chi connectivity index (χ2n) is 8.93. The van der Waals surface area contributed by atoms with Crippen LogP contribution in [0.1, 0.15) is 17.5 Å². The van der Waals surface area contributed by atoms with E-state index in [-0.39, 0.29) is 16.7 Å². The Labute approximate surface area is 218 Å². The lowest BCUT2D eigenvalue weighted by atomic mass is 10.1. The summed E-state index contributed by atoms with van der Waals surface area (Å²) in [5.74, 6) is -0.00314. The van der Waals surface area contributed by atoms with E-state index in [2.05, 4.69) is 3.77 Å². The summed E-state index contributed by atoms with van der Waals surface area (Å²) in [5.41, 5.74) is 3.60. The number of sulfonamides is 1. The third-order valence-electron chi connectivity index (χ3n) is 6.20. The van der Waals surface area contributed by atoms with Gasteiger partial charge in [-0.05, 0) is 48.9 Å². The van der Waals surface area contributed by atoms with Gasteiger partial charge in [-0.1, -0.05) is 84.4 Å². The number of para-hydroxylation sites is 1. The van der Waals surface area contributed by atoms with Crippen molar-refractivity contribution in [2.75, 3.05) is 10.8 Å². The average molecular weight is 530 g/mol.